The van der Waals surface area contributed by atoms with Crippen molar-refractivity contribution in [3.63, 3.8) is 0 Å². The standard InChI is InChI=1S/C7H15NO4/c1-3-5(9)4(8)6(10)7(11-2)12-3/h3-7,9-10H,8H2,1-2H3/t3-,4-,5-,6+,7+/m1/s1. The summed E-state index contributed by atoms with van der Waals surface area (Å²) < 4.78 is 9.96. The predicted octanol–water partition coefficient (Wildman–Crippen LogP) is -1.57. The van der Waals surface area contributed by atoms with E-state index in [0.29, 0.717) is 0 Å². The molecule has 12 heavy (non-hydrogen) atoms. The summed E-state index contributed by atoms with van der Waals surface area (Å²) in [5, 5.41) is 18.8. The van der Waals surface area contributed by atoms with Crippen LogP contribution in [0.3, 0.4) is 0 Å². The van der Waals surface area contributed by atoms with E-state index in [4.69, 9.17) is 15.2 Å². The molecule has 0 saturated carbocycles. The van der Waals surface area contributed by atoms with E-state index in [9.17, 15) is 10.2 Å². The van der Waals surface area contributed by atoms with E-state index in [2.05, 4.69) is 0 Å². The molecule has 0 aliphatic carbocycles. The van der Waals surface area contributed by atoms with Gasteiger partial charge in [-0.25, -0.2) is 0 Å². The number of nitrogens with two attached hydrogens (primary N) is 1. The first-order valence-electron chi connectivity index (χ1n) is 3.88. The quantitative estimate of drug-likeness (QED) is 0.450. The summed E-state index contributed by atoms with van der Waals surface area (Å²) in [6, 6.07) is -0.710. The fraction of sp³-hybridized carbons (Fsp3) is 1.00. The molecule has 5 nitrogen and oxygen atoms in total. The van der Waals surface area contributed by atoms with Crippen LogP contribution in [0.25, 0.3) is 0 Å². The second kappa shape index (κ2) is 3.68. The summed E-state index contributed by atoms with van der Waals surface area (Å²) >= 11 is 0. The smallest absolute Gasteiger partial charge is 0.185 e. The van der Waals surface area contributed by atoms with Crippen LogP contribution in [0.15, 0.2) is 0 Å². The molecule has 5 atom stereocenters. The minimum Gasteiger partial charge on any atom is -0.389 e. The van der Waals surface area contributed by atoms with E-state index >= 15 is 0 Å². The van der Waals surface area contributed by atoms with Crippen molar-refractivity contribution in [2.24, 2.45) is 5.73 Å². The number of methoxy groups -OCH3 is 1. The molecule has 0 radical (unpaired) electrons. The first-order chi connectivity index (χ1) is 5.57. The molecule has 1 saturated heterocycles. The lowest BCUT2D eigenvalue weighted by Crippen LogP contribution is -2.60. The van der Waals surface area contributed by atoms with Crippen molar-refractivity contribution < 1.29 is 19.7 Å². The minimum atomic E-state index is -0.971. The Hall–Kier alpha value is -0.200. The van der Waals surface area contributed by atoms with Crippen molar-refractivity contribution in [3.05, 3.63) is 0 Å². The Morgan fingerprint density at radius 3 is 2.42 bits per heavy atom. The number of hydrogen-bond acceptors (Lipinski definition) is 5. The molecule has 0 amide bonds. The molecule has 1 fully saturated rings. The molecule has 1 aliphatic heterocycles. The Bertz CT molecular complexity index is 150. The number of aliphatic hydroxyl groups is 2. The summed E-state index contributed by atoms with van der Waals surface area (Å²) in [4.78, 5) is 0. The maximum Gasteiger partial charge on any atom is 0.185 e. The third-order valence-corrected chi connectivity index (χ3v) is 2.13. The lowest BCUT2D eigenvalue weighted by Gasteiger charge is -2.39. The minimum absolute atomic E-state index is 0.409. The molecule has 4 N–H and O–H groups in total. The second-order valence-corrected chi connectivity index (χ2v) is 3.00. The second-order valence-electron chi connectivity index (χ2n) is 3.00. The maximum atomic E-state index is 9.39. The van der Waals surface area contributed by atoms with Gasteiger partial charge in [0.1, 0.15) is 6.10 Å². The number of hydrogen-bond donors (Lipinski definition) is 3. The SMILES string of the molecule is CO[C@H]1O[C@H](C)[C@@H](O)[C@@H](N)[C@@H]1O. The molecule has 0 aromatic heterocycles. The average molecular weight is 177 g/mol. The Morgan fingerprint density at radius 2 is 1.92 bits per heavy atom. The number of ether oxygens (including phenoxy) is 2. The maximum absolute atomic E-state index is 9.39. The number of aliphatic hydroxyl groups excluding tert-OH is 2. The van der Waals surface area contributed by atoms with Crippen LogP contribution in [0.4, 0.5) is 0 Å². The van der Waals surface area contributed by atoms with Crippen LogP contribution in [-0.2, 0) is 9.47 Å². The van der Waals surface area contributed by atoms with Crippen molar-refractivity contribution in [2.75, 3.05) is 7.11 Å². The molecule has 5 heteroatoms. The first-order valence-corrected chi connectivity index (χ1v) is 3.88. The highest BCUT2D eigenvalue weighted by Gasteiger charge is 2.40. The molecular formula is C7H15NO4. The van der Waals surface area contributed by atoms with Crippen molar-refractivity contribution in [3.8, 4) is 0 Å². The van der Waals surface area contributed by atoms with E-state index < -0.39 is 30.6 Å². The zero-order valence-electron chi connectivity index (χ0n) is 7.18. The van der Waals surface area contributed by atoms with Gasteiger partial charge in [0, 0.05) is 7.11 Å². The van der Waals surface area contributed by atoms with Crippen molar-refractivity contribution >= 4 is 0 Å². The van der Waals surface area contributed by atoms with Gasteiger partial charge in [0.05, 0.1) is 18.2 Å². The summed E-state index contributed by atoms with van der Waals surface area (Å²) in [5.41, 5.74) is 5.52. The zero-order valence-corrected chi connectivity index (χ0v) is 7.18. The third kappa shape index (κ3) is 1.60. The van der Waals surface area contributed by atoms with Gasteiger partial charge in [-0.05, 0) is 6.92 Å². The van der Waals surface area contributed by atoms with Gasteiger partial charge >= 0.3 is 0 Å². The van der Waals surface area contributed by atoms with Crippen molar-refractivity contribution in [1.29, 1.82) is 0 Å². The van der Waals surface area contributed by atoms with Crippen LogP contribution < -0.4 is 5.73 Å². The average Bonchev–Trinajstić information content (AvgIpc) is 2.08. The lowest BCUT2D eigenvalue weighted by atomic mass is 9.98. The molecule has 0 unspecified atom stereocenters. The Labute approximate surface area is 71.1 Å². The predicted molar refractivity (Wildman–Crippen MR) is 41.3 cm³/mol. The van der Waals surface area contributed by atoms with E-state index in [1.165, 1.54) is 7.11 Å². The van der Waals surface area contributed by atoms with E-state index in [1.54, 1.807) is 6.92 Å². The lowest BCUT2D eigenvalue weighted by molar-refractivity contribution is -0.258. The van der Waals surface area contributed by atoms with Gasteiger partial charge in [0.2, 0.25) is 0 Å². The molecule has 0 bridgehead atoms. The molecule has 72 valence electrons. The summed E-state index contributed by atoms with van der Waals surface area (Å²) in [6.07, 6.45) is -2.96. The summed E-state index contributed by atoms with van der Waals surface area (Å²) in [7, 11) is 1.42. The molecule has 1 aliphatic rings. The first kappa shape index (κ1) is 9.88. The summed E-state index contributed by atoms with van der Waals surface area (Å²) in [6.45, 7) is 1.68. The van der Waals surface area contributed by atoms with Gasteiger partial charge < -0.3 is 25.4 Å². The van der Waals surface area contributed by atoms with Gasteiger partial charge in [-0.1, -0.05) is 0 Å². The molecule has 1 heterocycles. The van der Waals surface area contributed by atoms with Gasteiger partial charge in [-0.15, -0.1) is 0 Å². The van der Waals surface area contributed by atoms with Crippen LogP contribution in [0.2, 0.25) is 0 Å². The fourth-order valence-corrected chi connectivity index (χ4v) is 1.26. The highest BCUT2D eigenvalue weighted by Crippen LogP contribution is 2.19. The molecule has 0 aromatic carbocycles. The van der Waals surface area contributed by atoms with Crippen LogP contribution in [0, 0.1) is 0 Å². The fourth-order valence-electron chi connectivity index (χ4n) is 1.26. The Morgan fingerprint density at radius 1 is 1.33 bits per heavy atom. The van der Waals surface area contributed by atoms with Crippen molar-refractivity contribution in [2.45, 2.75) is 37.6 Å². The molecular weight excluding hydrogens is 162 g/mol. The molecule has 0 aromatic rings. The van der Waals surface area contributed by atoms with Crippen LogP contribution in [-0.4, -0.2) is 48.0 Å². The number of rotatable bonds is 1. The monoisotopic (exact) mass is 177 g/mol. The zero-order chi connectivity index (χ0) is 9.30. The van der Waals surface area contributed by atoms with Gasteiger partial charge in [0.15, 0.2) is 6.29 Å². The Kier molecular flexibility index (Phi) is 3.03. The van der Waals surface area contributed by atoms with Crippen LogP contribution in [0.1, 0.15) is 6.92 Å². The van der Waals surface area contributed by atoms with Crippen LogP contribution in [0.5, 0.6) is 0 Å². The van der Waals surface area contributed by atoms with Crippen molar-refractivity contribution in [1.82, 2.24) is 0 Å². The summed E-state index contributed by atoms with van der Waals surface area (Å²) in [5.74, 6) is 0. The highest BCUT2D eigenvalue weighted by molar-refractivity contribution is 4.89. The molecule has 0 spiro atoms. The van der Waals surface area contributed by atoms with Crippen LogP contribution >= 0.6 is 0 Å². The van der Waals surface area contributed by atoms with E-state index in [0.717, 1.165) is 0 Å². The van der Waals surface area contributed by atoms with Gasteiger partial charge in [0.25, 0.3) is 0 Å². The Balaban J connectivity index is 2.63. The van der Waals surface area contributed by atoms with Gasteiger partial charge in [-0.3, -0.25) is 0 Å². The highest BCUT2D eigenvalue weighted by atomic mass is 16.7. The largest absolute Gasteiger partial charge is 0.389 e. The third-order valence-electron chi connectivity index (χ3n) is 2.13. The normalized spacial score (nSPS) is 49.2. The van der Waals surface area contributed by atoms with E-state index in [1.807, 2.05) is 0 Å². The molecule has 1 rings (SSSR count). The van der Waals surface area contributed by atoms with Gasteiger partial charge in [-0.2, -0.15) is 0 Å². The topological polar surface area (TPSA) is 84.9 Å². The van der Waals surface area contributed by atoms with E-state index in [-0.39, 0.29) is 0 Å².